The zero-order chi connectivity index (χ0) is 18.5. The summed E-state index contributed by atoms with van der Waals surface area (Å²) < 4.78 is 5.39. The van der Waals surface area contributed by atoms with Crippen LogP contribution in [0.4, 0.5) is 5.13 Å². The highest BCUT2D eigenvalue weighted by Gasteiger charge is 2.08. The van der Waals surface area contributed by atoms with Crippen LogP contribution in [0.25, 0.3) is 0 Å². The number of carbonyl (C=O) groups is 1. The van der Waals surface area contributed by atoms with Crippen LogP contribution in [-0.4, -0.2) is 17.2 Å². The summed E-state index contributed by atoms with van der Waals surface area (Å²) >= 11 is 1.56. The second-order valence-electron chi connectivity index (χ2n) is 5.86. The average molecular weight is 365 g/mol. The number of carbonyl (C=O) groups excluding carboxylic acids is 1. The lowest BCUT2D eigenvalue weighted by Crippen LogP contribution is -2.08. The molecule has 2 aromatic carbocycles. The molecule has 0 aliphatic heterocycles. The molecule has 0 fully saturated rings. The predicted molar refractivity (Wildman–Crippen MR) is 105 cm³/mol. The number of ether oxygens (including phenoxy) is 1. The Kier molecular flexibility index (Phi) is 5.43. The summed E-state index contributed by atoms with van der Waals surface area (Å²) in [6.07, 6.45) is 1.69. The van der Waals surface area contributed by atoms with Gasteiger partial charge in [0.05, 0.1) is 17.5 Å². The van der Waals surface area contributed by atoms with Crippen LogP contribution in [0.5, 0.6) is 5.75 Å². The van der Waals surface area contributed by atoms with E-state index in [0.717, 1.165) is 22.0 Å². The summed E-state index contributed by atoms with van der Waals surface area (Å²) in [4.78, 5) is 17.7. The lowest BCUT2D eigenvalue weighted by Gasteiger charge is -2.05. The molecule has 5 nitrogen and oxygen atoms in total. The maximum atomic E-state index is 12.1. The standard InChI is InChI=1S/C20H19N3O2S/c1-13-5-4-6-17(11-13)19(24)25-18-9-7-16(8-10-18)12-21-23-20-22-14(2)15(3)26-20/h4-12H,1-3H3,(H,22,23). The summed E-state index contributed by atoms with van der Waals surface area (Å²) in [6, 6.07) is 14.5. The molecule has 0 aliphatic rings. The van der Waals surface area contributed by atoms with Crippen molar-refractivity contribution in [3.05, 3.63) is 75.8 Å². The third-order valence-corrected chi connectivity index (χ3v) is 4.72. The van der Waals surface area contributed by atoms with E-state index >= 15 is 0 Å². The number of aryl methyl sites for hydroxylation is 3. The van der Waals surface area contributed by atoms with E-state index in [4.69, 9.17) is 4.74 Å². The molecule has 0 atom stereocenters. The average Bonchev–Trinajstić information content (AvgIpc) is 2.94. The molecule has 1 N–H and O–H groups in total. The van der Waals surface area contributed by atoms with Crippen LogP contribution < -0.4 is 10.2 Å². The maximum Gasteiger partial charge on any atom is 0.343 e. The van der Waals surface area contributed by atoms with Crippen molar-refractivity contribution in [2.75, 3.05) is 5.43 Å². The fourth-order valence-corrected chi connectivity index (χ4v) is 3.01. The monoisotopic (exact) mass is 365 g/mol. The van der Waals surface area contributed by atoms with Gasteiger partial charge in [0.15, 0.2) is 0 Å². The van der Waals surface area contributed by atoms with Gasteiger partial charge in [-0.3, -0.25) is 5.43 Å². The van der Waals surface area contributed by atoms with Gasteiger partial charge in [-0.2, -0.15) is 5.10 Å². The van der Waals surface area contributed by atoms with Crippen LogP contribution in [0, 0.1) is 20.8 Å². The van der Waals surface area contributed by atoms with Gasteiger partial charge in [0, 0.05) is 4.88 Å². The maximum absolute atomic E-state index is 12.1. The van der Waals surface area contributed by atoms with Gasteiger partial charge in [0.2, 0.25) is 5.13 Å². The fourth-order valence-electron chi connectivity index (χ4n) is 2.24. The summed E-state index contributed by atoms with van der Waals surface area (Å²) in [6.45, 7) is 5.93. The molecule has 0 spiro atoms. The molecular weight excluding hydrogens is 346 g/mol. The molecule has 1 aromatic heterocycles. The fraction of sp³-hybridized carbons (Fsp3) is 0.150. The number of nitrogens with one attached hydrogen (secondary N) is 1. The molecule has 0 unspecified atom stereocenters. The van der Waals surface area contributed by atoms with Crippen LogP contribution in [0.3, 0.4) is 0 Å². The van der Waals surface area contributed by atoms with Gasteiger partial charge in [0.25, 0.3) is 0 Å². The van der Waals surface area contributed by atoms with Crippen LogP contribution >= 0.6 is 11.3 Å². The van der Waals surface area contributed by atoms with E-state index in [1.807, 2.05) is 45.0 Å². The highest BCUT2D eigenvalue weighted by Crippen LogP contribution is 2.21. The number of hydrazone groups is 1. The summed E-state index contributed by atoms with van der Waals surface area (Å²) in [5.41, 5.74) is 6.37. The number of hydrogen-bond donors (Lipinski definition) is 1. The van der Waals surface area contributed by atoms with Gasteiger partial charge >= 0.3 is 5.97 Å². The largest absolute Gasteiger partial charge is 0.423 e. The second kappa shape index (κ2) is 7.93. The molecule has 0 amide bonds. The molecule has 0 aliphatic carbocycles. The Hall–Kier alpha value is -2.99. The highest BCUT2D eigenvalue weighted by atomic mass is 32.1. The number of esters is 1. The number of rotatable bonds is 5. The van der Waals surface area contributed by atoms with Gasteiger partial charge in [-0.1, -0.05) is 17.7 Å². The topological polar surface area (TPSA) is 63.6 Å². The molecule has 0 radical (unpaired) electrons. The number of nitrogens with zero attached hydrogens (tertiary/aromatic N) is 2. The predicted octanol–water partition coefficient (Wildman–Crippen LogP) is 4.73. The summed E-state index contributed by atoms with van der Waals surface area (Å²) in [5.74, 6) is 0.124. The van der Waals surface area contributed by atoms with Crippen LogP contribution in [-0.2, 0) is 0 Å². The van der Waals surface area contributed by atoms with Crippen LogP contribution in [0.15, 0.2) is 53.6 Å². The van der Waals surface area contributed by atoms with Crippen molar-refractivity contribution >= 4 is 28.7 Å². The third kappa shape index (κ3) is 4.55. The van der Waals surface area contributed by atoms with Gasteiger partial charge in [-0.05, 0) is 62.7 Å². The Labute approximate surface area is 156 Å². The van der Waals surface area contributed by atoms with Crippen molar-refractivity contribution in [1.29, 1.82) is 0 Å². The van der Waals surface area contributed by atoms with Crippen molar-refractivity contribution in [2.24, 2.45) is 5.10 Å². The Bertz CT molecular complexity index is 926. The highest BCUT2D eigenvalue weighted by molar-refractivity contribution is 7.15. The van der Waals surface area contributed by atoms with Gasteiger partial charge < -0.3 is 4.74 Å². The van der Waals surface area contributed by atoms with Crippen molar-refractivity contribution in [1.82, 2.24) is 4.98 Å². The van der Waals surface area contributed by atoms with E-state index in [1.54, 1.807) is 41.8 Å². The van der Waals surface area contributed by atoms with E-state index in [1.165, 1.54) is 4.88 Å². The number of aromatic nitrogens is 1. The molecule has 6 heteroatoms. The first-order valence-electron chi connectivity index (χ1n) is 8.13. The summed E-state index contributed by atoms with van der Waals surface area (Å²) in [5, 5.41) is 4.94. The van der Waals surface area contributed by atoms with Crippen molar-refractivity contribution in [3.63, 3.8) is 0 Å². The SMILES string of the molecule is Cc1cccc(C(=O)Oc2ccc(C=NNc3nc(C)c(C)s3)cc2)c1. The minimum atomic E-state index is -0.369. The zero-order valence-electron chi connectivity index (χ0n) is 14.8. The Morgan fingerprint density at radius 2 is 1.92 bits per heavy atom. The molecule has 26 heavy (non-hydrogen) atoms. The lowest BCUT2D eigenvalue weighted by molar-refractivity contribution is 0.0734. The Morgan fingerprint density at radius 3 is 2.58 bits per heavy atom. The molecule has 3 aromatic rings. The minimum absolute atomic E-state index is 0.369. The molecule has 1 heterocycles. The number of benzene rings is 2. The minimum Gasteiger partial charge on any atom is -0.423 e. The van der Waals surface area contributed by atoms with Crippen LogP contribution in [0.2, 0.25) is 0 Å². The van der Waals surface area contributed by atoms with E-state index in [9.17, 15) is 4.79 Å². The Morgan fingerprint density at radius 1 is 1.15 bits per heavy atom. The summed E-state index contributed by atoms with van der Waals surface area (Å²) in [7, 11) is 0. The number of hydrogen-bond acceptors (Lipinski definition) is 6. The van der Waals surface area contributed by atoms with Gasteiger partial charge in [-0.15, -0.1) is 11.3 Å². The molecular formula is C20H19N3O2S. The third-order valence-electron chi connectivity index (χ3n) is 3.75. The second-order valence-corrected chi connectivity index (χ2v) is 7.06. The first kappa shape index (κ1) is 17.8. The van der Waals surface area contributed by atoms with E-state index in [0.29, 0.717) is 11.3 Å². The number of thiazole rings is 1. The van der Waals surface area contributed by atoms with Crippen molar-refractivity contribution in [2.45, 2.75) is 20.8 Å². The van der Waals surface area contributed by atoms with Crippen molar-refractivity contribution < 1.29 is 9.53 Å². The van der Waals surface area contributed by atoms with E-state index in [-0.39, 0.29) is 5.97 Å². The first-order chi connectivity index (χ1) is 12.5. The van der Waals surface area contributed by atoms with Crippen LogP contribution in [0.1, 0.15) is 32.1 Å². The quantitative estimate of drug-likeness (QED) is 0.307. The number of anilines is 1. The molecule has 0 saturated heterocycles. The molecule has 0 bridgehead atoms. The van der Waals surface area contributed by atoms with E-state index in [2.05, 4.69) is 15.5 Å². The smallest absolute Gasteiger partial charge is 0.343 e. The zero-order valence-corrected chi connectivity index (χ0v) is 15.6. The van der Waals surface area contributed by atoms with Crippen molar-refractivity contribution in [3.8, 4) is 5.75 Å². The Balaban J connectivity index is 1.59. The van der Waals surface area contributed by atoms with Gasteiger partial charge in [0.1, 0.15) is 5.75 Å². The first-order valence-corrected chi connectivity index (χ1v) is 8.95. The van der Waals surface area contributed by atoms with E-state index < -0.39 is 0 Å². The molecule has 3 rings (SSSR count). The lowest BCUT2D eigenvalue weighted by atomic mass is 10.1. The molecule has 0 saturated carbocycles. The van der Waals surface area contributed by atoms with Gasteiger partial charge in [-0.25, -0.2) is 9.78 Å². The normalized spacial score (nSPS) is 10.9. The molecule has 132 valence electrons.